The highest BCUT2D eigenvalue weighted by Crippen LogP contribution is 2.24. The van der Waals surface area contributed by atoms with Crippen LogP contribution in [0.1, 0.15) is 5.56 Å². The quantitative estimate of drug-likeness (QED) is 0.578. The lowest BCUT2D eigenvalue weighted by Gasteiger charge is -2.04. The van der Waals surface area contributed by atoms with Crippen LogP contribution in [-0.4, -0.2) is 31.1 Å². The smallest absolute Gasteiger partial charge is 0.243 e. The van der Waals surface area contributed by atoms with E-state index in [-0.39, 0.29) is 18.3 Å². The maximum Gasteiger partial charge on any atom is 0.243 e. The van der Waals surface area contributed by atoms with Crippen LogP contribution >= 0.6 is 0 Å². The summed E-state index contributed by atoms with van der Waals surface area (Å²) in [7, 11) is 0. The van der Waals surface area contributed by atoms with E-state index < -0.39 is 0 Å². The van der Waals surface area contributed by atoms with E-state index in [0.29, 0.717) is 12.4 Å². The number of aromatic nitrogens is 5. The van der Waals surface area contributed by atoms with Crippen molar-refractivity contribution in [2.24, 2.45) is 0 Å². The molecule has 0 atom stereocenters. The molecule has 4 rings (SSSR count). The van der Waals surface area contributed by atoms with Crippen LogP contribution in [0.4, 0.5) is 4.39 Å². The van der Waals surface area contributed by atoms with E-state index in [1.165, 1.54) is 16.9 Å². The van der Waals surface area contributed by atoms with Gasteiger partial charge < -0.3 is 10.3 Å². The van der Waals surface area contributed by atoms with Crippen molar-refractivity contribution in [3.8, 4) is 11.4 Å². The standard InChI is InChI=1S/C18H15FN6O/c19-13-7-5-12(6-8-13)9-21-17(26)11-25-23-18(22-24-25)15-10-20-16-4-2-1-3-14(15)16/h1-8,10,20H,9,11H2,(H,21,26). The molecule has 2 heterocycles. The molecule has 130 valence electrons. The third kappa shape index (κ3) is 3.30. The Kier molecular flexibility index (Phi) is 4.14. The summed E-state index contributed by atoms with van der Waals surface area (Å²) in [6.45, 7) is 0.264. The Bertz CT molecular complexity index is 1050. The van der Waals surface area contributed by atoms with Gasteiger partial charge in [-0.25, -0.2) is 4.39 Å². The van der Waals surface area contributed by atoms with E-state index in [2.05, 4.69) is 25.7 Å². The highest BCUT2D eigenvalue weighted by molar-refractivity contribution is 5.93. The molecule has 0 bridgehead atoms. The van der Waals surface area contributed by atoms with Gasteiger partial charge in [-0.15, -0.1) is 10.2 Å². The number of nitrogens with one attached hydrogen (secondary N) is 2. The van der Waals surface area contributed by atoms with E-state index >= 15 is 0 Å². The zero-order valence-corrected chi connectivity index (χ0v) is 13.7. The summed E-state index contributed by atoms with van der Waals surface area (Å²) in [6.07, 6.45) is 1.82. The Morgan fingerprint density at radius 3 is 2.81 bits per heavy atom. The second-order valence-electron chi connectivity index (χ2n) is 5.79. The van der Waals surface area contributed by atoms with Crippen LogP contribution in [0.15, 0.2) is 54.7 Å². The third-order valence-corrected chi connectivity index (χ3v) is 3.97. The number of hydrogen-bond acceptors (Lipinski definition) is 4. The molecule has 2 aromatic carbocycles. The Morgan fingerprint density at radius 2 is 1.96 bits per heavy atom. The number of para-hydroxylation sites is 1. The molecule has 0 radical (unpaired) electrons. The molecule has 0 aliphatic heterocycles. The van der Waals surface area contributed by atoms with E-state index in [1.807, 2.05) is 30.5 Å². The van der Waals surface area contributed by atoms with Crippen molar-refractivity contribution >= 4 is 16.8 Å². The van der Waals surface area contributed by atoms with Gasteiger partial charge in [-0.3, -0.25) is 4.79 Å². The number of tetrazole rings is 1. The molecule has 8 heteroatoms. The first kappa shape index (κ1) is 15.9. The summed E-state index contributed by atoms with van der Waals surface area (Å²) in [6, 6.07) is 13.8. The Morgan fingerprint density at radius 1 is 1.15 bits per heavy atom. The van der Waals surface area contributed by atoms with Crippen LogP contribution in [0, 0.1) is 5.82 Å². The number of halogens is 1. The van der Waals surface area contributed by atoms with Crippen LogP contribution < -0.4 is 5.32 Å². The molecule has 0 aliphatic rings. The fraction of sp³-hybridized carbons (Fsp3) is 0.111. The molecule has 2 aromatic heterocycles. The predicted molar refractivity (Wildman–Crippen MR) is 93.4 cm³/mol. The topological polar surface area (TPSA) is 88.5 Å². The number of nitrogens with zero attached hydrogens (tertiary/aromatic N) is 4. The zero-order valence-electron chi connectivity index (χ0n) is 13.7. The molecule has 1 amide bonds. The van der Waals surface area contributed by atoms with Crippen LogP contribution in [0.25, 0.3) is 22.3 Å². The lowest BCUT2D eigenvalue weighted by atomic mass is 10.2. The summed E-state index contributed by atoms with van der Waals surface area (Å²) < 4.78 is 12.9. The lowest BCUT2D eigenvalue weighted by molar-refractivity contribution is -0.122. The molecular formula is C18H15FN6O. The first-order valence-corrected chi connectivity index (χ1v) is 8.04. The van der Waals surface area contributed by atoms with Gasteiger partial charge >= 0.3 is 0 Å². The first-order chi connectivity index (χ1) is 12.7. The highest BCUT2D eigenvalue weighted by Gasteiger charge is 2.12. The number of benzene rings is 2. The number of carbonyl (C=O) groups is 1. The second-order valence-corrected chi connectivity index (χ2v) is 5.79. The third-order valence-electron chi connectivity index (χ3n) is 3.97. The molecule has 0 saturated heterocycles. The van der Waals surface area contributed by atoms with Gasteiger partial charge in [-0.05, 0) is 29.0 Å². The largest absolute Gasteiger partial charge is 0.360 e. The molecule has 0 spiro atoms. The molecule has 0 saturated carbocycles. The number of fused-ring (bicyclic) bond motifs is 1. The average molecular weight is 350 g/mol. The van der Waals surface area contributed by atoms with Gasteiger partial charge in [0.25, 0.3) is 0 Å². The van der Waals surface area contributed by atoms with Crippen LogP contribution in [0.3, 0.4) is 0 Å². The predicted octanol–water partition coefficient (Wildman–Crippen LogP) is 2.28. The normalized spacial score (nSPS) is 11.0. The van der Waals surface area contributed by atoms with Crippen molar-refractivity contribution in [3.05, 3.63) is 66.1 Å². The molecule has 2 N–H and O–H groups in total. The average Bonchev–Trinajstić information content (AvgIpc) is 3.28. The molecule has 0 aliphatic carbocycles. The van der Waals surface area contributed by atoms with Gasteiger partial charge in [-0.2, -0.15) is 4.80 Å². The Hall–Kier alpha value is -3.55. The van der Waals surface area contributed by atoms with Gasteiger partial charge in [0, 0.05) is 29.2 Å². The number of carbonyl (C=O) groups excluding carboxylic acids is 1. The summed E-state index contributed by atoms with van der Waals surface area (Å²) >= 11 is 0. The molecule has 0 unspecified atom stereocenters. The van der Waals surface area contributed by atoms with Crippen molar-refractivity contribution in [2.45, 2.75) is 13.1 Å². The van der Waals surface area contributed by atoms with Crippen LogP contribution in [0.2, 0.25) is 0 Å². The second kappa shape index (κ2) is 6.75. The molecule has 4 aromatic rings. The van der Waals surface area contributed by atoms with Crippen molar-refractivity contribution in [2.75, 3.05) is 0 Å². The molecule has 0 fully saturated rings. The minimum atomic E-state index is -0.309. The van der Waals surface area contributed by atoms with Crippen molar-refractivity contribution in [3.63, 3.8) is 0 Å². The zero-order chi connectivity index (χ0) is 17.9. The number of amides is 1. The minimum absolute atomic E-state index is 0.0451. The Labute approximate surface area is 147 Å². The molecule has 26 heavy (non-hydrogen) atoms. The van der Waals surface area contributed by atoms with Crippen LogP contribution in [-0.2, 0) is 17.9 Å². The number of hydrogen-bond donors (Lipinski definition) is 2. The summed E-state index contributed by atoms with van der Waals surface area (Å²) in [5.41, 5.74) is 2.63. The number of aromatic amines is 1. The fourth-order valence-electron chi connectivity index (χ4n) is 2.66. The maximum absolute atomic E-state index is 12.9. The summed E-state index contributed by atoms with van der Waals surface area (Å²) in [5, 5.41) is 16.0. The van der Waals surface area contributed by atoms with Crippen molar-refractivity contribution in [1.29, 1.82) is 0 Å². The van der Waals surface area contributed by atoms with E-state index in [0.717, 1.165) is 22.0 Å². The number of rotatable bonds is 5. The van der Waals surface area contributed by atoms with Crippen molar-refractivity contribution in [1.82, 2.24) is 30.5 Å². The minimum Gasteiger partial charge on any atom is -0.360 e. The fourth-order valence-corrected chi connectivity index (χ4v) is 2.66. The summed E-state index contributed by atoms with van der Waals surface area (Å²) in [5.74, 6) is -0.109. The van der Waals surface area contributed by atoms with Gasteiger partial charge in [0.2, 0.25) is 11.7 Å². The monoisotopic (exact) mass is 350 g/mol. The maximum atomic E-state index is 12.9. The van der Waals surface area contributed by atoms with Gasteiger partial charge in [0.05, 0.1) is 0 Å². The summed E-state index contributed by atoms with van der Waals surface area (Å²) in [4.78, 5) is 16.4. The van der Waals surface area contributed by atoms with Crippen LogP contribution in [0.5, 0.6) is 0 Å². The number of H-pyrrole nitrogens is 1. The lowest BCUT2D eigenvalue weighted by Crippen LogP contribution is -2.28. The van der Waals surface area contributed by atoms with Crippen molar-refractivity contribution < 1.29 is 9.18 Å². The SMILES string of the molecule is O=C(Cn1nnc(-c2c[nH]c3ccccc23)n1)NCc1ccc(F)cc1. The Balaban J connectivity index is 1.41. The first-order valence-electron chi connectivity index (χ1n) is 8.04. The van der Waals surface area contributed by atoms with E-state index in [1.54, 1.807) is 12.1 Å². The molecule has 7 nitrogen and oxygen atoms in total. The van der Waals surface area contributed by atoms with Gasteiger partial charge in [0.15, 0.2) is 0 Å². The van der Waals surface area contributed by atoms with Gasteiger partial charge in [0.1, 0.15) is 12.4 Å². The molecular weight excluding hydrogens is 335 g/mol. The highest BCUT2D eigenvalue weighted by atomic mass is 19.1. The van der Waals surface area contributed by atoms with E-state index in [4.69, 9.17) is 0 Å². The van der Waals surface area contributed by atoms with Gasteiger partial charge in [-0.1, -0.05) is 30.3 Å². The van der Waals surface area contributed by atoms with E-state index in [9.17, 15) is 9.18 Å².